The summed E-state index contributed by atoms with van der Waals surface area (Å²) >= 11 is 0. The molecule has 0 aromatic carbocycles. The monoisotopic (exact) mass is 181 g/mol. The Bertz CT molecular complexity index is 196. The molecule has 1 heterocycles. The third kappa shape index (κ3) is 3.09. The smallest absolute Gasteiger partial charge is 0.126 e. The molecular weight excluding hydrogens is 162 g/mol. The predicted octanol–water partition coefficient (Wildman–Crippen LogP) is 1.58. The molecule has 0 aromatic heterocycles. The predicted molar refractivity (Wildman–Crippen MR) is 56.7 cm³/mol. The molecule has 3 heteroatoms. The van der Waals surface area contributed by atoms with Crippen molar-refractivity contribution in [3.63, 3.8) is 0 Å². The molecule has 0 unspecified atom stereocenters. The van der Waals surface area contributed by atoms with Gasteiger partial charge in [0.15, 0.2) is 0 Å². The molecule has 0 bridgehead atoms. The summed E-state index contributed by atoms with van der Waals surface area (Å²) in [6.45, 7) is 7.27. The summed E-state index contributed by atoms with van der Waals surface area (Å²) in [7, 11) is 0. The highest BCUT2D eigenvalue weighted by Crippen LogP contribution is 2.00. The van der Waals surface area contributed by atoms with Gasteiger partial charge in [0.05, 0.1) is 0 Å². The minimum absolute atomic E-state index is 0.717. The number of aliphatic imine (C=N–C) groups is 1. The molecule has 0 atom stereocenters. The van der Waals surface area contributed by atoms with E-state index in [1.165, 1.54) is 12.8 Å². The van der Waals surface area contributed by atoms with Gasteiger partial charge < -0.3 is 10.2 Å². The molecule has 1 N–H and O–H groups in total. The van der Waals surface area contributed by atoms with E-state index in [1.807, 2.05) is 12.3 Å². The fourth-order valence-corrected chi connectivity index (χ4v) is 1.35. The number of unbranched alkanes of at least 4 members (excludes halogenated alkanes) is 1. The first-order chi connectivity index (χ1) is 6.38. The van der Waals surface area contributed by atoms with Crippen LogP contribution in [-0.2, 0) is 0 Å². The van der Waals surface area contributed by atoms with Crippen molar-refractivity contribution in [3.05, 3.63) is 12.3 Å². The molecule has 0 amide bonds. The molecule has 3 nitrogen and oxygen atoms in total. The zero-order chi connectivity index (χ0) is 9.52. The fourth-order valence-electron chi connectivity index (χ4n) is 1.35. The van der Waals surface area contributed by atoms with Gasteiger partial charge in [-0.1, -0.05) is 13.3 Å². The van der Waals surface area contributed by atoms with Gasteiger partial charge in [0.2, 0.25) is 0 Å². The van der Waals surface area contributed by atoms with Crippen LogP contribution in [0.3, 0.4) is 0 Å². The van der Waals surface area contributed by atoms with Crippen LogP contribution in [0.2, 0.25) is 0 Å². The van der Waals surface area contributed by atoms with Gasteiger partial charge in [0.1, 0.15) is 12.5 Å². The summed E-state index contributed by atoms with van der Waals surface area (Å²) in [5.74, 6) is 1.12. The Morgan fingerprint density at radius 3 is 2.92 bits per heavy atom. The second-order valence-corrected chi connectivity index (χ2v) is 3.15. The van der Waals surface area contributed by atoms with Gasteiger partial charge in [-0.25, -0.2) is 4.99 Å². The number of likely N-dealkylation sites (N-methyl/N-ethyl adjacent to an activating group) is 1. The molecule has 0 aromatic rings. The van der Waals surface area contributed by atoms with Gasteiger partial charge in [-0.2, -0.15) is 0 Å². The van der Waals surface area contributed by atoms with Gasteiger partial charge in [0, 0.05) is 19.3 Å². The van der Waals surface area contributed by atoms with Crippen molar-refractivity contribution in [3.8, 4) is 0 Å². The van der Waals surface area contributed by atoms with E-state index < -0.39 is 0 Å². The minimum atomic E-state index is 0.717. The van der Waals surface area contributed by atoms with Crippen molar-refractivity contribution in [1.82, 2.24) is 10.2 Å². The number of rotatable bonds is 4. The molecule has 13 heavy (non-hydrogen) atoms. The SMILES string of the molecule is CCCCN(CC)C1=NCNC=C1. The minimum Gasteiger partial charge on any atom is -0.372 e. The van der Waals surface area contributed by atoms with Crippen LogP contribution in [0.4, 0.5) is 0 Å². The summed E-state index contributed by atoms with van der Waals surface area (Å²) < 4.78 is 0. The lowest BCUT2D eigenvalue weighted by Gasteiger charge is -2.24. The molecule has 1 rings (SSSR count). The van der Waals surface area contributed by atoms with Gasteiger partial charge in [-0.15, -0.1) is 0 Å². The maximum absolute atomic E-state index is 4.40. The van der Waals surface area contributed by atoms with Crippen LogP contribution in [0, 0.1) is 0 Å². The molecule has 0 fully saturated rings. The number of amidine groups is 1. The number of hydrogen-bond acceptors (Lipinski definition) is 3. The molecule has 0 saturated heterocycles. The van der Waals surface area contributed by atoms with Crippen molar-refractivity contribution < 1.29 is 0 Å². The third-order valence-corrected chi connectivity index (χ3v) is 2.17. The van der Waals surface area contributed by atoms with Crippen LogP contribution < -0.4 is 5.32 Å². The molecule has 74 valence electrons. The van der Waals surface area contributed by atoms with E-state index in [4.69, 9.17) is 0 Å². The molecule has 0 radical (unpaired) electrons. The summed E-state index contributed by atoms with van der Waals surface area (Å²) in [6.07, 6.45) is 6.50. The van der Waals surface area contributed by atoms with Crippen LogP contribution in [-0.4, -0.2) is 30.5 Å². The summed E-state index contributed by atoms with van der Waals surface area (Å²) in [6, 6.07) is 0. The van der Waals surface area contributed by atoms with Crippen molar-refractivity contribution in [2.24, 2.45) is 4.99 Å². The van der Waals surface area contributed by atoms with Gasteiger partial charge in [-0.05, 0) is 19.4 Å². The van der Waals surface area contributed by atoms with Crippen molar-refractivity contribution in [2.75, 3.05) is 19.8 Å². The lowest BCUT2D eigenvalue weighted by atomic mass is 10.3. The Balaban J connectivity index is 2.44. The van der Waals surface area contributed by atoms with Crippen molar-refractivity contribution in [2.45, 2.75) is 26.7 Å². The number of nitrogens with zero attached hydrogens (tertiary/aromatic N) is 2. The lowest BCUT2D eigenvalue weighted by molar-refractivity contribution is 0.427. The van der Waals surface area contributed by atoms with Crippen molar-refractivity contribution >= 4 is 5.84 Å². The molecule has 0 aliphatic carbocycles. The average molecular weight is 181 g/mol. The highest BCUT2D eigenvalue weighted by Gasteiger charge is 2.06. The van der Waals surface area contributed by atoms with Crippen LogP contribution in [0.5, 0.6) is 0 Å². The van der Waals surface area contributed by atoms with E-state index >= 15 is 0 Å². The van der Waals surface area contributed by atoms with E-state index in [9.17, 15) is 0 Å². The van der Waals surface area contributed by atoms with Gasteiger partial charge in [0.25, 0.3) is 0 Å². The van der Waals surface area contributed by atoms with Crippen LogP contribution in [0.15, 0.2) is 17.3 Å². The first kappa shape index (κ1) is 10.1. The molecule has 1 aliphatic rings. The topological polar surface area (TPSA) is 27.6 Å². The third-order valence-electron chi connectivity index (χ3n) is 2.17. The first-order valence-corrected chi connectivity index (χ1v) is 5.07. The second kappa shape index (κ2) is 5.62. The van der Waals surface area contributed by atoms with E-state index in [0.29, 0.717) is 6.67 Å². The highest BCUT2D eigenvalue weighted by atomic mass is 15.2. The lowest BCUT2D eigenvalue weighted by Crippen LogP contribution is -2.33. The quantitative estimate of drug-likeness (QED) is 0.713. The summed E-state index contributed by atoms with van der Waals surface area (Å²) in [5.41, 5.74) is 0. The number of hydrogen-bond donors (Lipinski definition) is 1. The zero-order valence-corrected chi connectivity index (χ0v) is 8.58. The normalized spacial score (nSPS) is 15.1. The molecular formula is C10H19N3. The second-order valence-electron chi connectivity index (χ2n) is 3.15. The fraction of sp³-hybridized carbons (Fsp3) is 0.700. The van der Waals surface area contributed by atoms with Crippen LogP contribution in [0.1, 0.15) is 26.7 Å². The summed E-state index contributed by atoms with van der Waals surface area (Å²) in [5, 5.41) is 3.06. The molecule has 1 aliphatic heterocycles. The van der Waals surface area contributed by atoms with E-state index in [-0.39, 0.29) is 0 Å². The Morgan fingerprint density at radius 1 is 1.54 bits per heavy atom. The van der Waals surface area contributed by atoms with Crippen molar-refractivity contribution in [1.29, 1.82) is 0 Å². The largest absolute Gasteiger partial charge is 0.372 e. The van der Waals surface area contributed by atoms with Gasteiger partial charge in [-0.3, -0.25) is 0 Å². The Kier molecular flexibility index (Phi) is 4.36. The Labute approximate surface area is 80.5 Å². The zero-order valence-electron chi connectivity index (χ0n) is 8.58. The average Bonchev–Trinajstić information content (AvgIpc) is 2.21. The number of nitrogens with one attached hydrogen (secondary N) is 1. The summed E-state index contributed by atoms with van der Waals surface area (Å²) in [4.78, 5) is 6.72. The Morgan fingerprint density at radius 2 is 2.38 bits per heavy atom. The first-order valence-electron chi connectivity index (χ1n) is 5.07. The maximum atomic E-state index is 4.40. The standard InChI is InChI=1S/C10H19N3/c1-3-5-8-13(4-2)10-6-7-11-9-12-10/h6-7,11H,3-5,8-9H2,1-2H3. The van der Waals surface area contributed by atoms with Gasteiger partial charge >= 0.3 is 0 Å². The van der Waals surface area contributed by atoms with E-state index in [0.717, 1.165) is 18.9 Å². The van der Waals surface area contributed by atoms with E-state index in [1.54, 1.807) is 0 Å². The molecule has 0 spiro atoms. The van der Waals surface area contributed by atoms with Crippen LogP contribution in [0.25, 0.3) is 0 Å². The van der Waals surface area contributed by atoms with E-state index in [2.05, 4.69) is 29.1 Å². The Hall–Kier alpha value is -0.990. The van der Waals surface area contributed by atoms with Crippen LogP contribution >= 0.6 is 0 Å². The highest BCUT2D eigenvalue weighted by molar-refractivity contribution is 5.93. The molecule has 0 saturated carbocycles. The maximum Gasteiger partial charge on any atom is 0.126 e.